The van der Waals surface area contributed by atoms with Crippen molar-refractivity contribution in [2.24, 2.45) is 0 Å². The summed E-state index contributed by atoms with van der Waals surface area (Å²) in [6.45, 7) is 2.63. The molecule has 0 radical (unpaired) electrons. The highest BCUT2D eigenvalue weighted by molar-refractivity contribution is 5.54. The van der Waals surface area contributed by atoms with Gasteiger partial charge in [0.1, 0.15) is 0 Å². The van der Waals surface area contributed by atoms with Crippen LogP contribution >= 0.6 is 0 Å². The van der Waals surface area contributed by atoms with Crippen molar-refractivity contribution in [3.8, 4) is 0 Å². The first-order valence-electron chi connectivity index (χ1n) is 6.93. The van der Waals surface area contributed by atoms with Crippen LogP contribution in [0.2, 0.25) is 0 Å². The van der Waals surface area contributed by atoms with Gasteiger partial charge >= 0.3 is 0 Å². The van der Waals surface area contributed by atoms with Gasteiger partial charge in [0.05, 0.1) is 0 Å². The largest absolute Gasteiger partial charge is 0.297 e. The number of hydrogen-bond acceptors (Lipinski definition) is 1. The van der Waals surface area contributed by atoms with Gasteiger partial charge in [-0.05, 0) is 44.3 Å². The molecule has 1 aliphatic heterocycles. The fraction of sp³-hybridized carbons (Fsp3) is 0.500. The molecule has 1 atom stereocenters. The summed E-state index contributed by atoms with van der Waals surface area (Å²) in [5, 5.41) is 0. The Hall–Kier alpha value is -1.08. The summed E-state index contributed by atoms with van der Waals surface area (Å²) in [7, 11) is 0. The van der Waals surface area contributed by atoms with Crippen molar-refractivity contribution in [1.29, 1.82) is 0 Å². The van der Waals surface area contributed by atoms with Crippen LogP contribution in [-0.2, 0) is 0 Å². The van der Waals surface area contributed by atoms with E-state index >= 15 is 0 Å². The molecule has 1 nitrogen and oxygen atoms in total. The van der Waals surface area contributed by atoms with Gasteiger partial charge in [-0.25, -0.2) is 0 Å². The fourth-order valence-corrected chi connectivity index (χ4v) is 3.02. The number of nitrogens with zero attached hydrogens (tertiary/aromatic N) is 1. The average molecular weight is 227 g/mol. The molecule has 0 unspecified atom stereocenters. The molecule has 2 aliphatic rings. The minimum absolute atomic E-state index is 0.748. The second kappa shape index (κ2) is 5.05. The third-order valence-corrected chi connectivity index (χ3v) is 4.10. The van der Waals surface area contributed by atoms with Gasteiger partial charge in [-0.15, -0.1) is 0 Å². The zero-order valence-corrected chi connectivity index (χ0v) is 10.4. The van der Waals surface area contributed by atoms with Crippen molar-refractivity contribution in [1.82, 2.24) is 4.90 Å². The van der Waals surface area contributed by atoms with Gasteiger partial charge in [-0.2, -0.15) is 0 Å². The van der Waals surface area contributed by atoms with Gasteiger partial charge in [-0.3, -0.25) is 4.90 Å². The minimum Gasteiger partial charge on any atom is -0.297 e. The van der Waals surface area contributed by atoms with Crippen LogP contribution in [0.15, 0.2) is 35.9 Å². The maximum absolute atomic E-state index is 2.66. The smallest absolute Gasteiger partial charge is 0.0310 e. The van der Waals surface area contributed by atoms with Crippen LogP contribution < -0.4 is 0 Å². The summed E-state index contributed by atoms with van der Waals surface area (Å²) in [5.41, 5.74) is 3.04. The monoisotopic (exact) mass is 227 g/mol. The molecule has 0 aromatic heterocycles. The van der Waals surface area contributed by atoms with Gasteiger partial charge < -0.3 is 0 Å². The third kappa shape index (κ3) is 2.44. The highest BCUT2D eigenvalue weighted by atomic mass is 15.2. The van der Waals surface area contributed by atoms with E-state index in [9.17, 15) is 0 Å². The van der Waals surface area contributed by atoms with E-state index in [4.69, 9.17) is 0 Å². The van der Waals surface area contributed by atoms with Crippen LogP contribution in [0.1, 0.15) is 37.7 Å². The maximum Gasteiger partial charge on any atom is 0.0310 e. The van der Waals surface area contributed by atoms with Crippen molar-refractivity contribution in [2.75, 3.05) is 13.1 Å². The minimum atomic E-state index is 0.748. The third-order valence-electron chi connectivity index (χ3n) is 4.10. The molecule has 0 N–H and O–H groups in total. The predicted octanol–water partition coefficient (Wildman–Crippen LogP) is 3.72. The summed E-state index contributed by atoms with van der Waals surface area (Å²) < 4.78 is 0. The van der Waals surface area contributed by atoms with E-state index in [0.29, 0.717) is 0 Å². The average Bonchev–Trinajstić information content (AvgIpc) is 2.31. The Bertz CT molecular complexity index is 389. The van der Waals surface area contributed by atoms with Crippen LogP contribution in [0.4, 0.5) is 0 Å². The van der Waals surface area contributed by atoms with Crippen LogP contribution in [0.5, 0.6) is 0 Å². The van der Waals surface area contributed by atoms with E-state index in [1.54, 1.807) is 5.57 Å². The first-order chi connectivity index (χ1) is 8.43. The Morgan fingerprint density at radius 1 is 1.00 bits per heavy atom. The molecular weight excluding hydrogens is 206 g/mol. The molecule has 3 rings (SSSR count). The van der Waals surface area contributed by atoms with Crippen molar-refractivity contribution in [3.63, 3.8) is 0 Å². The molecule has 0 amide bonds. The summed E-state index contributed by atoms with van der Waals surface area (Å²) >= 11 is 0. The Balaban J connectivity index is 1.80. The standard InChI is InChI=1S/C16H21N/c1-2-7-14(8-3-1)13-15-9-4-5-10-16(15)17-11-6-12-17/h1-3,7-8,13,16H,4-6,9-12H2/b15-13+/t16-/m0/s1. The summed E-state index contributed by atoms with van der Waals surface area (Å²) in [4.78, 5) is 2.66. The molecule has 1 saturated carbocycles. The Morgan fingerprint density at radius 3 is 2.53 bits per heavy atom. The highest BCUT2D eigenvalue weighted by Crippen LogP contribution is 2.31. The molecule has 1 aromatic rings. The van der Waals surface area contributed by atoms with Crippen LogP contribution in [0.3, 0.4) is 0 Å². The quantitative estimate of drug-likeness (QED) is 0.744. The lowest BCUT2D eigenvalue weighted by Gasteiger charge is -2.42. The van der Waals surface area contributed by atoms with E-state index in [2.05, 4.69) is 41.3 Å². The zero-order chi connectivity index (χ0) is 11.5. The van der Waals surface area contributed by atoms with Crippen molar-refractivity contribution >= 4 is 6.08 Å². The van der Waals surface area contributed by atoms with Crippen LogP contribution in [0.25, 0.3) is 6.08 Å². The van der Waals surface area contributed by atoms with E-state index in [1.807, 2.05) is 0 Å². The first kappa shape index (κ1) is 11.0. The van der Waals surface area contributed by atoms with E-state index < -0.39 is 0 Å². The molecule has 2 fully saturated rings. The summed E-state index contributed by atoms with van der Waals surface area (Å²) in [5.74, 6) is 0. The maximum atomic E-state index is 2.66. The molecule has 0 bridgehead atoms. The predicted molar refractivity (Wildman–Crippen MR) is 72.9 cm³/mol. The van der Waals surface area contributed by atoms with Gasteiger partial charge in [-0.1, -0.05) is 48.4 Å². The number of benzene rings is 1. The van der Waals surface area contributed by atoms with E-state index in [1.165, 1.54) is 50.8 Å². The lowest BCUT2D eigenvalue weighted by Crippen LogP contribution is -2.46. The lowest BCUT2D eigenvalue weighted by molar-refractivity contribution is 0.121. The normalized spacial score (nSPS) is 28.0. The van der Waals surface area contributed by atoms with Crippen molar-refractivity contribution in [2.45, 2.75) is 38.1 Å². The second-order valence-electron chi connectivity index (χ2n) is 5.28. The Kier molecular flexibility index (Phi) is 3.28. The van der Waals surface area contributed by atoms with Gasteiger partial charge in [0.25, 0.3) is 0 Å². The Morgan fingerprint density at radius 2 is 1.82 bits per heavy atom. The van der Waals surface area contributed by atoms with Crippen LogP contribution in [-0.4, -0.2) is 24.0 Å². The SMILES string of the molecule is C(=C1/CCCC[C@@H]1N1CCC1)/c1ccccc1. The second-order valence-corrected chi connectivity index (χ2v) is 5.28. The molecule has 0 spiro atoms. The van der Waals surface area contributed by atoms with E-state index in [-0.39, 0.29) is 0 Å². The summed E-state index contributed by atoms with van der Waals surface area (Å²) in [6.07, 6.45) is 9.29. The topological polar surface area (TPSA) is 3.24 Å². The van der Waals surface area contributed by atoms with Crippen molar-refractivity contribution < 1.29 is 0 Å². The molecule has 17 heavy (non-hydrogen) atoms. The molecule has 1 aliphatic carbocycles. The number of hydrogen-bond donors (Lipinski definition) is 0. The van der Waals surface area contributed by atoms with E-state index in [0.717, 1.165) is 6.04 Å². The zero-order valence-electron chi connectivity index (χ0n) is 10.4. The van der Waals surface area contributed by atoms with Gasteiger partial charge in [0, 0.05) is 6.04 Å². The summed E-state index contributed by atoms with van der Waals surface area (Å²) in [6, 6.07) is 11.5. The Labute approximate surface area is 104 Å². The van der Waals surface area contributed by atoms with Gasteiger partial charge in [0.2, 0.25) is 0 Å². The first-order valence-corrected chi connectivity index (χ1v) is 6.93. The molecule has 90 valence electrons. The molecular formula is C16H21N. The molecule has 1 saturated heterocycles. The molecule has 1 heterocycles. The lowest BCUT2D eigenvalue weighted by atomic mass is 9.86. The highest BCUT2D eigenvalue weighted by Gasteiger charge is 2.28. The number of likely N-dealkylation sites (tertiary alicyclic amines) is 1. The van der Waals surface area contributed by atoms with Crippen molar-refractivity contribution in [3.05, 3.63) is 41.5 Å². The number of rotatable bonds is 2. The molecule has 1 heteroatoms. The van der Waals surface area contributed by atoms with Crippen LogP contribution in [0, 0.1) is 0 Å². The van der Waals surface area contributed by atoms with Gasteiger partial charge in [0.15, 0.2) is 0 Å². The molecule has 1 aromatic carbocycles. The fourth-order valence-electron chi connectivity index (χ4n) is 3.02.